The van der Waals surface area contributed by atoms with E-state index in [4.69, 9.17) is 5.84 Å². The van der Waals surface area contributed by atoms with Gasteiger partial charge in [0.1, 0.15) is 0 Å². The lowest BCUT2D eigenvalue weighted by Gasteiger charge is -2.10. The monoisotopic (exact) mass is 418 g/mol. The van der Waals surface area contributed by atoms with Gasteiger partial charge in [0.05, 0.1) is 22.3 Å². The highest BCUT2D eigenvalue weighted by Crippen LogP contribution is 2.24. The zero-order chi connectivity index (χ0) is 18.0. The molecular weight excluding hydrogens is 404 g/mol. The van der Waals surface area contributed by atoms with Crippen molar-refractivity contribution in [2.24, 2.45) is 0 Å². The van der Waals surface area contributed by atoms with Gasteiger partial charge in [-0.3, -0.25) is 9.59 Å². The van der Waals surface area contributed by atoms with Crippen molar-refractivity contribution < 1.29 is 4.79 Å². The number of hydrogen-bond acceptors (Lipinski definition) is 5. The minimum Gasteiger partial charge on any atom is -0.334 e. The van der Waals surface area contributed by atoms with Gasteiger partial charge in [0.25, 0.3) is 5.56 Å². The van der Waals surface area contributed by atoms with E-state index in [0.717, 1.165) is 26.5 Å². The Balaban J connectivity index is 1.75. The number of carbonyl (C=O) groups is 1. The minimum absolute atomic E-state index is 0.0856. The van der Waals surface area contributed by atoms with Crippen LogP contribution >= 0.6 is 27.7 Å². The molecule has 0 saturated heterocycles. The van der Waals surface area contributed by atoms with E-state index in [1.807, 2.05) is 25.1 Å². The summed E-state index contributed by atoms with van der Waals surface area (Å²) < 4.78 is 1.78. The van der Waals surface area contributed by atoms with Gasteiger partial charge in [-0.15, -0.1) is 0 Å². The molecule has 0 radical (unpaired) electrons. The van der Waals surface area contributed by atoms with E-state index in [2.05, 4.69) is 26.2 Å². The van der Waals surface area contributed by atoms with Crippen LogP contribution in [-0.4, -0.2) is 21.3 Å². The summed E-state index contributed by atoms with van der Waals surface area (Å²) in [5, 5.41) is 3.56. The molecule has 128 valence electrons. The van der Waals surface area contributed by atoms with Crippen molar-refractivity contribution in [3.05, 3.63) is 62.9 Å². The molecule has 25 heavy (non-hydrogen) atoms. The zero-order valence-electron chi connectivity index (χ0n) is 13.3. The number of nitrogens with one attached hydrogen (secondary N) is 1. The van der Waals surface area contributed by atoms with Gasteiger partial charge in [-0.25, -0.2) is 9.66 Å². The minimum atomic E-state index is -0.338. The SMILES string of the molecule is Cc1ccc(NC(=O)CSc2nc3ccccc3c(=O)n2N)c(Br)c1. The molecule has 0 fully saturated rings. The number of carbonyl (C=O) groups excluding carboxylic acids is 1. The van der Waals surface area contributed by atoms with Crippen LogP contribution in [0, 0.1) is 6.92 Å². The number of nitrogens with zero attached hydrogens (tertiary/aromatic N) is 2. The van der Waals surface area contributed by atoms with Gasteiger partial charge in [-0.1, -0.05) is 30.0 Å². The van der Waals surface area contributed by atoms with Gasteiger partial charge in [0.15, 0.2) is 5.16 Å². The number of nitrogens with two attached hydrogens (primary N) is 1. The first-order valence-electron chi connectivity index (χ1n) is 7.41. The van der Waals surface area contributed by atoms with Crippen molar-refractivity contribution in [2.45, 2.75) is 12.1 Å². The van der Waals surface area contributed by atoms with Crippen molar-refractivity contribution >= 4 is 50.2 Å². The standard InChI is InChI=1S/C17H15BrN4O2S/c1-10-6-7-14(12(18)8-10)20-15(23)9-25-17-21-13-5-3-2-4-11(13)16(24)22(17)19/h2-8H,9,19H2,1H3,(H,20,23). The van der Waals surface area contributed by atoms with Crippen LogP contribution in [0.25, 0.3) is 10.9 Å². The number of aryl methyl sites for hydroxylation is 1. The maximum atomic E-state index is 12.2. The molecule has 6 nitrogen and oxygen atoms in total. The van der Waals surface area contributed by atoms with Gasteiger partial charge < -0.3 is 11.2 Å². The van der Waals surface area contributed by atoms with Crippen LogP contribution in [0.5, 0.6) is 0 Å². The first kappa shape index (κ1) is 17.5. The molecule has 0 bridgehead atoms. The molecule has 0 atom stereocenters. The van der Waals surface area contributed by atoms with Crippen molar-refractivity contribution in [3.63, 3.8) is 0 Å². The first-order valence-corrected chi connectivity index (χ1v) is 9.19. The number of fused-ring (bicyclic) bond motifs is 1. The number of hydrogen-bond donors (Lipinski definition) is 2. The largest absolute Gasteiger partial charge is 0.334 e. The second-order valence-electron chi connectivity index (χ2n) is 5.41. The van der Waals surface area contributed by atoms with Crippen LogP contribution in [0.15, 0.2) is 56.9 Å². The molecular formula is C17H15BrN4O2S. The average Bonchev–Trinajstić information content (AvgIpc) is 2.59. The van der Waals surface area contributed by atoms with Crippen LogP contribution < -0.4 is 16.7 Å². The average molecular weight is 419 g/mol. The van der Waals surface area contributed by atoms with E-state index in [-0.39, 0.29) is 17.2 Å². The van der Waals surface area contributed by atoms with Crippen molar-refractivity contribution in [2.75, 3.05) is 16.9 Å². The highest BCUT2D eigenvalue weighted by molar-refractivity contribution is 9.10. The number of para-hydroxylation sites is 1. The van der Waals surface area contributed by atoms with Crippen molar-refractivity contribution in [1.29, 1.82) is 0 Å². The zero-order valence-corrected chi connectivity index (χ0v) is 15.7. The Morgan fingerprint density at radius 3 is 2.84 bits per heavy atom. The second-order valence-corrected chi connectivity index (χ2v) is 7.20. The van der Waals surface area contributed by atoms with Gasteiger partial charge >= 0.3 is 0 Å². The van der Waals surface area contributed by atoms with Crippen molar-refractivity contribution in [3.8, 4) is 0 Å². The molecule has 1 heterocycles. The fraction of sp³-hybridized carbons (Fsp3) is 0.118. The molecule has 0 aliphatic rings. The third kappa shape index (κ3) is 3.85. The fourth-order valence-electron chi connectivity index (χ4n) is 2.27. The Labute approximate surface area is 156 Å². The number of rotatable bonds is 4. The van der Waals surface area contributed by atoms with E-state index >= 15 is 0 Å². The summed E-state index contributed by atoms with van der Waals surface area (Å²) in [4.78, 5) is 28.8. The molecule has 0 spiro atoms. The molecule has 2 aromatic carbocycles. The predicted molar refractivity (Wildman–Crippen MR) is 104 cm³/mol. The summed E-state index contributed by atoms with van der Waals surface area (Å²) in [7, 11) is 0. The quantitative estimate of drug-likeness (QED) is 0.386. The van der Waals surface area contributed by atoms with E-state index in [1.165, 1.54) is 0 Å². The highest BCUT2D eigenvalue weighted by Gasteiger charge is 2.12. The molecule has 1 aromatic heterocycles. The molecule has 0 aliphatic carbocycles. The predicted octanol–water partition coefficient (Wildman–Crippen LogP) is 2.91. The number of nitrogen functional groups attached to an aromatic ring is 1. The van der Waals surface area contributed by atoms with Crippen LogP contribution in [-0.2, 0) is 4.79 Å². The molecule has 8 heteroatoms. The van der Waals surface area contributed by atoms with Crippen molar-refractivity contribution in [1.82, 2.24) is 9.66 Å². The summed E-state index contributed by atoms with van der Waals surface area (Å²) in [6, 6.07) is 12.6. The third-order valence-electron chi connectivity index (χ3n) is 3.51. The lowest BCUT2D eigenvalue weighted by Crippen LogP contribution is -2.30. The van der Waals surface area contributed by atoms with Gasteiger partial charge in [0.2, 0.25) is 5.91 Å². The van der Waals surface area contributed by atoms with E-state index in [1.54, 1.807) is 24.3 Å². The fourth-order valence-corrected chi connectivity index (χ4v) is 3.57. The Hall–Kier alpha value is -2.32. The maximum Gasteiger partial charge on any atom is 0.280 e. The lowest BCUT2D eigenvalue weighted by atomic mass is 10.2. The molecule has 0 unspecified atom stereocenters. The highest BCUT2D eigenvalue weighted by atomic mass is 79.9. The molecule has 0 saturated carbocycles. The Morgan fingerprint density at radius 2 is 2.08 bits per heavy atom. The topological polar surface area (TPSA) is 90.0 Å². The summed E-state index contributed by atoms with van der Waals surface area (Å²) >= 11 is 4.53. The smallest absolute Gasteiger partial charge is 0.280 e. The Morgan fingerprint density at radius 1 is 1.32 bits per heavy atom. The number of aromatic nitrogens is 2. The summed E-state index contributed by atoms with van der Waals surface area (Å²) in [6.07, 6.45) is 0. The van der Waals surface area contributed by atoms with Gasteiger partial charge in [-0.2, -0.15) is 0 Å². The summed E-state index contributed by atoms with van der Waals surface area (Å²) in [5.74, 6) is 5.68. The molecule has 3 rings (SSSR count). The van der Waals surface area contributed by atoms with E-state index < -0.39 is 0 Å². The molecule has 3 N–H and O–H groups in total. The summed E-state index contributed by atoms with van der Waals surface area (Å²) in [5.41, 5.74) is 1.99. The Kier molecular flexibility index (Phi) is 5.10. The normalized spacial score (nSPS) is 10.8. The number of halogens is 1. The number of thioether (sulfide) groups is 1. The van der Waals surface area contributed by atoms with Crippen LogP contribution in [0.4, 0.5) is 5.69 Å². The second kappa shape index (κ2) is 7.28. The molecule has 1 amide bonds. The van der Waals surface area contributed by atoms with Crippen LogP contribution in [0.2, 0.25) is 0 Å². The summed E-state index contributed by atoms with van der Waals surface area (Å²) in [6.45, 7) is 1.97. The van der Waals surface area contributed by atoms with E-state index in [0.29, 0.717) is 21.7 Å². The number of amides is 1. The van der Waals surface area contributed by atoms with Crippen LogP contribution in [0.1, 0.15) is 5.56 Å². The number of anilines is 1. The van der Waals surface area contributed by atoms with Crippen LogP contribution in [0.3, 0.4) is 0 Å². The maximum absolute atomic E-state index is 12.2. The molecule has 3 aromatic rings. The third-order valence-corrected chi connectivity index (χ3v) is 5.12. The number of benzene rings is 2. The first-order chi connectivity index (χ1) is 12.0. The molecule has 0 aliphatic heterocycles. The Bertz CT molecular complexity index is 1020. The lowest BCUT2D eigenvalue weighted by molar-refractivity contribution is -0.113. The van der Waals surface area contributed by atoms with Gasteiger partial charge in [0, 0.05) is 4.47 Å². The van der Waals surface area contributed by atoms with E-state index in [9.17, 15) is 9.59 Å². The van der Waals surface area contributed by atoms with Gasteiger partial charge in [-0.05, 0) is 52.7 Å².